The molecule has 0 spiro atoms. The Kier molecular flexibility index (Phi) is 5.20. The third-order valence-electron chi connectivity index (χ3n) is 4.30. The highest BCUT2D eigenvalue weighted by Gasteiger charge is 2.20. The molecule has 106 valence electrons. The summed E-state index contributed by atoms with van der Waals surface area (Å²) in [6, 6.07) is 2.17. The van der Waals surface area contributed by atoms with Gasteiger partial charge in [0.2, 0.25) is 0 Å². The smallest absolute Gasteiger partial charge is 0.0442 e. The maximum Gasteiger partial charge on any atom is 0.0442 e. The third-order valence-corrected chi connectivity index (χ3v) is 4.30. The average molecular weight is 261 g/mol. The molecule has 1 unspecified atom stereocenters. The van der Waals surface area contributed by atoms with E-state index in [1.54, 1.807) is 0 Å². The topological polar surface area (TPSA) is 28.2 Å². The molecule has 2 heterocycles. The van der Waals surface area contributed by atoms with Crippen molar-refractivity contribution in [1.82, 2.24) is 10.3 Å². The molecule has 0 bridgehead atoms. The van der Waals surface area contributed by atoms with E-state index in [2.05, 4.69) is 35.1 Å². The van der Waals surface area contributed by atoms with Crippen LogP contribution in [0.15, 0.2) is 18.5 Å². The fourth-order valence-electron chi connectivity index (χ4n) is 3.08. The monoisotopic (exact) mass is 261 g/mol. The zero-order valence-electron chi connectivity index (χ0n) is 12.5. The predicted octanol–water partition coefficient (Wildman–Crippen LogP) is 3.06. The van der Waals surface area contributed by atoms with Gasteiger partial charge in [0.1, 0.15) is 0 Å². The van der Waals surface area contributed by atoms with Crippen molar-refractivity contribution in [2.45, 2.75) is 39.7 Å². The van der Waals surface area contributed by atoms with E-state index < -0.39 is 0 Å². The van der Waals surface area contributed by atoms with Crippen molar-refractivity contribution < 1.29 is 0 Å². The molecule has 1 aliphatic rings. The second-order valence-corrected chi connectivity index (χ2v) is 5.96. The highest BCUT2D eigenvalue weighted by molar-refractivity contribution is 5.52. The zero-order chi connectivity index (χ0) is 13.7. The first-order valence-corrected chi connectivity index (χ1v) is 7.54. The first kappa shape index (κ1) is 14.3. The fraction of sp³-hybridized carbons (Fsp3) is 0.688. The highest BCUT2D eigenvalue weighted by atomic mass is 15.1. The van der Waals surface area contributed by atoms with Gasteiger partial charge in [-0.3, -0.25) is 4.98 Å². The molecule has 1 saturated heterocycles. The lowest BCUT2D eigenvalue weighted by molar-refractivity contribution is 0.351. The summed E-state index contributed by atoms with van der Waals surface area (Å²) in [4.78, 5) is 6.81. The molecule has 1 N–H and O–H groups in total. The van der Waals surface area contributed by atoms with Crippen LogP contribution in [0.25, 0.3) is 0 Å². The number of pyridine rings is 1. The first-order chi connectivity index (χ1) is 9.22. The van der Waals surface area contributed by atoms with Gasteiger partial charge in [0.05, 0.1) is 0 Å². The molecule has 0 saturated carbocycles. The molecule has 1 fully saturated rings. The third kappa shape index (κ3) is 3.69. The van der Waals surface area contributed by atoms with E-state index in [1.165, 1.54) is 43.6 Å². The lowest BCUT2D eigenvalue weighted by Crippen LogP contribution is -2.26. The molecule has 1 atom stereocenters. The summed E-state index contributed by atoms with van der Waals surface area (Å²) in [5.74, 6) is 1.70. The number of nitrogens with zero attached hydrogens (tertiary/aromatic N) is 2. The van der Waals surface area contributed by atoms with Crippen molar-refractivity contribution in [1.29, 1.82) is 0 Å². The lowest BCUT2D eigenvalue weighted by atomic mass is 9.89. The Labute approximate surface area is 117 Å². The SMILES string of the molecule is CNCc1cnccc1N1CCCC(C(C)C)CC1. The fourth-order valence-corrected chi connectivity index (χ4v) is 3.08. The van der Waals surface area contributed by atoms with Crippen molar-refractivity contribution in [2.24, 2.45) is 11.8 Å². The van der Waals surface area contributed by atoms with Gasteiger partial charge in [-0.25, -0.2) is 0 Å². The molecule has 3 nitrogen and oxygen atoms in total. The molecule has 0 radical (unpaired) electrons. The Morgan fingerprint density at radius 2 is 2.21 bits per heavy atom. The van der Waals surface area contributed by atoms with E-state index >= 15 is 0 Å². The van der Waals surface area contributed by atoms with E-state index in [0.717, 1.165) is 18.4 Å². The van der Waals surface area contributed by atoms with Gasteiger partial charge in [-0.2, -0.15) is 0 Å². The Morgan fingerprint density at radius 3 is 2.95 bits per heavy atom. The van der Waals surface area contributed by atoms with E-state index in [1.807, 2.05) is 19.4 Å². The first-order valence-electron chi connectivity index (χ1n) is 7.54. The molecule has 0 aliphatic carbocycles. The van der Waals surface area contributed by atoms with Gasteiger partial charge in [0.25, 0.3) is 0 Å². The zero-order valence-corrected chi connectivity index (χ0v) is 12.5. The molecule has 2 rings (SSSR count). The number of anilines is 1. The number of hydrogen-bond donors (Lipinski definition) is 1. The molecule has 1 aromatic rings. The van der Waals surface area contributed by atoms with Gasteiger partial charge in [0, 0.05) is 43.3 Å². The van der Waals surface area contributed by atoms with Crippen LogP contribution in [0.5, 0.6) is 0 Å². The minimum atomic E-state index is 0.814. The Balaban J connectivity index is 2.09. The number of aromatic nitrogens is 1. The second kappa shape index (κ2) is 6.90. The van der Waals surface area contributed by atoms with Gasteiger partial charge in [0.15, 0.2) is 0 Å². The predicted molar refractivity (Wildman–Crippen MR) is 81.4 cm³/mol. The van der Waals surface area contributed by atoms with Gasteiger partial charge in [-0.15, -0.1) is 0 Å². The van der Waals surface area contributed by atoms with Gasteiger partial charge in [-0.05, 0) is 44.2 Å². The van der Waals surface area contributed by atoms with Crippen molar-refractivity contribution in [2.75, 3.05) is 25.0 Å². The Hall–Kier alpha value is -1.09. The van der Waals surface area contributed by atoms with Crippen LogP contribution in [0, 0.1) is 11.8 Å². The Morgan fingerprint density at radius 1 is 1.37 bits per heavy atom. The van der Waals surface area contributed by atoms with Crippen molar-refractivity contribution in [3.05, 3.63) is 24.0 Å². The minimum Gasteiger partial charge on any atom is -0.371 e. The van der Waals surface area contributed by atoms with Gasteiger partial charge in [-0.1, -0.05) is 13.8 Å². The summed E-state index contributed by atoms with van der Waals surface area (Å²) in [7, 11) is 1.99. The van der Waals surface area contributed by atoms with Crippen LogP contribution < -0.4 is 10.2 Å². The molecule has 19 heavy (non-hydrogen) atoms. The van der Waals surface area contributed by atoms with E-state index in [9.17, 15) is 0 Å². The summed E-state index contributed by atoms with van der Waals surface area (Å²) in [5.41, 5.74) is 2.68. The van der Waals surface area contributed by atoms with Crippen LogP contribution in [0.4, 0.5) is 5.69 Å². The largest absolute Gasteiger partial charge is 0.371 e. The normalized spacial score (nSPS) is 20.6. The van der Waals surface area contributed by atoms with E-state index in [0.29, 0.717) is 0 Å². The molecule has 0 aromatic carbocycles. The van der Waals surface area contributed by atoms with Crippen molar-refractivity contribution >= 4 is 5.69 Å². The van der Waals surface area contributed by atoms with Crippen LogP contribution in [-0.4, -0.2) is 25.1 Å². The number of nitrogens with one attached hydrogen (secondary N) is 1. The maximum absolute atomic E-state index is 4.26. The van der Waals surface area contributed by atoms with Crippen LogP contribution in [-0.2, 0) is 6.54 Å². The molecular weight excluding hydrogens is 234 g/mol. The van der Waals surface area contributed by atoms with Gasteiger partial charge < -0.3 is 10.2 Å². The molecule has 1 aromatic heterocycles. The summed E-state index contributed by atoms with van der Waals surface area (Å²) >= 11 is 0. The van der Waals surface area contributed by atoms with E-state index in [-0.39, 0.29) is 0 Å². The molecule has 0 amide bonds. The summed E-state index contributed by atoms with van der Waals surface area (Å²) in [6.07, 6.45) is 7.92. The average Bonchev–Trinajstić information content (AvgIpc) is 2.65. The Bertz CT molecular complexity index is 389. The van der Waals surface area contributed by atoms with E-state index in [4.69, 9.17) is 0 Å². The molecule has 3 heteroatoms. The quantitative estimate of drug-likeness (QED) is 0.903. The highest BCUT2D eigenvalue weighted by Crippen LogP contribution is 2.28. The second-order valence-electron chi connectivity index (χ2n) is 5.96. The van der Waals surface area contributed by atoms with Gasteiger partial charge >= 0.3 is 0 Å². The van der Waals surface area contributed by atoms with Crippen LogP contribution in [0.1, 0.15) is 38.7 Å². The van der Waals surface area contributed by atoms with Crippen LogP contribution in [0.3, 0.4) is 0 Å². The summed E-state index contributed by atoms with van der Waals surface area (Å²) < 4.78 is 0. The molecule has 1 aliphatic heterocycles. The molecular formula is C16H27N3. The van der Waals surface area contributed by atoms with Crippen molar-refractivity contribution in [3.63, 3.8) is 0 Å². The number of hydrogen-bond acceptors (Lipinski definition) is 3. The van der Waals surface area contributed by atoms with Crippen LogP contribution >= 0.6 is 0 Å². The lowest BCUT2D eigenvalue weighted by Gasteiger charge is -2.25. The van der Waals surface area contributed by atoms with Crippen LogP contribution in [0.2, 0.25) is 0 Å². The summed E-state index contributed by atoms with van der Waals surface area (Å²) in [6.45, 7) is 7.99. The summed E-state index contributed by atoms with van der Waals surface area (Å²) in [5, 5.41) is 3.24. The maximum atomic E-state index is 4.26. The van der Waals surface area contributed by atoms with Crippen molar-refractivity contribution in [3.8, 4) is 0 Å². The standard InChI is InChI=1S/C16H27N3/c1-13(2)14-5-4-9-19(10-7-14)16-6-8-18-12-15(16)11-17-3/h6,8,12-14,17H,4-5,7,9-11H2,1-3H3. The number of rotatable bonds is 4. The minimum absolute atomic E-state index is 0.814.